The third kappa shape index (κ3) is 1.98. The number of aryl methyl sites for hydroxylation is 1. The van der Waals surface area contributed by atoms with Gasteiger partial charge in [0, 0.05) is 23.6 Å². The Kier molecular flexibility index (Phi) is 3.17. The summed E-state index contributed by atoms with van der Waals surface area (Å²) in [6, 6.07) is 6.98. The van der Waals surface area contributed by atoms with E-state index in [-0.39, 0.29) is 5.41 Å². The first-order valence-corrected chi connectivity index (χ1v) is 7.75. The average Bonchev–Trinajstić information content (AvgIpc) is 2.71. The molecule has 0 amide bonds. The second-order valence-corrected chi connectivity index (χ2v) is 7.23. The van der Waals surface area contributed by atoms with E-state index in [9.17, 15) is 0 Å². The van der Waals surface area contributed by atoms with Gasteiger partial charge in [-0.25, -0.2) is 0 Å². The molecule has 1 aromatic heterocycles. The van der Waals surface area contributed by atoms with Crippen molar-refractivity contribution in [3.8, 4) is 0 Å². The summed E-state index contributed by atoms with van der Waals surface area (Å²) in [5, 5.41) is 1.44. The van der Waals surface area contributed by atoms with Crippen LogP contribution in [0, 0.1) is 0 Å². The Labute approximate surface area is 122 Å². The summed E-state index contributed by atoms with van der Waals surface area (Å²) in [4.78, 5) is 0. The molecule has 0 aliphatic heterocycles. The van der Waals surface area contributed by atoms with Crippen LogP contribution in [0.25, 0.3) is 10.9 Å². The molecular formula is C18H26N2. The van der Waals surface area contributed by atoms with Crippen molar-refractivity contribution in [2.75, 3.05) is 6.54 Å². The van der Waals surface area contributed by atoms with Crippen LogP contribution in [-0.4, -0.2) is 11.1 Å². The maximum atomic E-state index is 6.03. The molecule has 20 heavy (non-hydrogen) atoms. The van der Waals surface area contributed by atoms with Crippen LogP contribution in [0.5, 0.6) is 0 Å². The fraction of sp³-hybridized carbons (Fsp3) is 0.556. The third-order valence-corrected chi connectivity index (χ3v) is 4.89. The van der Waals surface area contributed by atoms with E-state index in [0.29, 0.717) is 5.92 Å². The zero-order valence-corrected chi connectivity index (χ0v) is 13.2. The van der Waals surface area contributed by atoms with E-state index in [2.05, 4.69) is 50.6 Å². The van der Waals surface area contributed by atoms with Gasteiger partial charge in [0.2, 0.25) is 0 Å². The van der Waals surface area contributed by atoms with E-state index in [4.69, 9.17) is 5.73 Å². The molecule has 3 rings (SSSR count). The average molecular weight is 270 g/mol. The van der Waals surface area contributed by atoms with Crippen molar-refractivity contribution in [3.63, 3.8) is 0 Å². The van der Waals surface area contributed by atoms with Gasteiger partial charge in [0.15, 0.2) is 0 Å². The topological polar surface area (TPSA) is 30.9 Å². The number of hydrogen-bond donors (Lipinski definition) is 1. The van der Waals surface area contributed by atoms with Crippen LogP contribution in [0.3, 0.4) is 0 Å². The fourth-order valence-electron chi connectivity index (χ4n) is 3.65. The number of benzene rings is 1. The minimum absolute atomic E-state index is 0.198. The molecule has 0 spiro atoms. The predicted octanol–water partition coefficient (Wildman–Crippen LogP) is 3.85. The van der Waals surface area contributed by atoms with Gasteiger partial charge in [-0.3, -0.25) is 0 Å². The Morgan fingerprint density at radius 2 is 2.05 bits per heavy atom. The number of fused-ring (bicyclic) bond motifs is 3. The predicted molar refractivity (Wildman–Crippen MR) is 86.4 cm³/mol. The minimum atomic E-state index is 0.198. The Balaban J connectivity index is 2.29. The largest absolute Gasteiger partial charge is 0.347 e. The molecule has 1 heterocycles. The van der Waals surface area contributed by atoms with Crippen LogP contribution in [0.15, 0.2) is 18.2 Å². The van der Waals surface area contributed by atoms with E-state index in [1.807, 2.05) is 0 Å². The molecular weight excluding hydrogens is 244 g/mol. The van der Waals surface area contributed by atoms with Crippen molar-refractivity contribution in [3.05, 3.63) is 35.0 Å². The fourth-order valence-corrected chi connectivity index (χ4v) is 3.65. The summed E-state index contributed by atoms with van der Waals surface area (Å²) in [7, 11) is 2.21. The van der Waals surface area contributed by atoms with Gasteiger partial charge in [-0.05, 0) is 60.4 Å². The molecule has 1 aromatic carbocycles. The van der Waals surface area contributed by atoms with Gasteiger partial charge in [-0.15, -0.1) is 0 Å². The number of aromatic nitrogens is 1. The van der Waals surface area contributed by atoms with E-state index < -0.39 is 0 Å². The summed E-state index contributed by atoms with van der Waals surface area (Å²) in [5.41, 5.74) is 12.0. The lowest BCUT2D eigenvalue weighted by Gasteiger charge is -2.23. The maximum Gasteiger partial charge on any atom is 0.0483 e. The van der Waals surface area contributed by atoms with Crippen LogP contribution in [0.2, 0.25) is 0 Å². The van der Waals surface area contributed by atoms with E-state index in [0.717, 1.165) is 6.54 Å². The molecule has 0 bridgehead atoms. The summed E-state index contributed by atoms with van der Waals surface area (Å²) in [6.07, 6.45) is 3.70. The molecule has 1 unspecified atom stereocenters. The van der Waals surface area contributed by atoms with Crippen LogP contribution >= 0.6 is 0 Å². The second-order valence-electron chi connectivity index (χ2n) is 7.23. The summed E-state index contributed by atoms with van der Waals surface area (Å²) >= 11 is 0. The zero-order valence-electron chi connectivity index (χ0n) is 13.2. The van der Waals surface area contributed by atoms with Crippen LogP contribution < -0.4 is 5.73 Å². The molecule has 1 atom stereocenters. The molecule has 1 aliphatic carbocycles. The van der Waals surface area contributed by atoms with Gasteiger partial charge in [0.05, 0.1) is 0 Å². The number of rotatable bonds is 1. The highest BCUT2D eigenvalue weighted by molar-refractivity contribution is 5.87. The van der Waals surface area contributed by atoms with Crippen molar-refractivity contribution < 1.29 is 0 Å². The molecule has 108 valence electrons. The van der Waals surface area contributed by atoms with Crippen molar-refractivity contribution >= 4 is 10.9 Å². The van der Waals surface area contributed by atoms with Crippen molar-refractivity contribution in [1.29, 1.82) is 0 Å². The lowest BCUT2D eigenvalue weighted by molar-refractivity contribution is 0.549. The molecule has 0 fully saturated rings. The standard InChI is InChI=1S/C18H26N2/c1-18(2,3)13-8-9-15-14(10-13)17-12(11-19)6-5-7-16(17)20(15)4/h8-10,12H,5-7,11,19H2,1-4H3. The summed E-state index contributed by atoms with van der Waals surface area (Å²) in [5.74, 6) is 0.540. The van der Waals surface area contributed by atoms with Crippen LogP contribution in [-0.2, 0) is 18.9 Å². The summed E-state index contributed by atoms with van der Waals surface area (Å²) < 4.78 is 2.39. The van der Waals surface area contributed by atoms with E-state index in [1.54, 1.807) is 0 Å². The Morgan fingerprint density at radius 3 is 2.70 bits per heavy atom. The highest BCUT2D eigenvalue weighted by Gasteiger charge is 2.26. The van der Waals surface area contributed by atoms with Gasteiger partial charge >= 0.3 is 0 Å². The summed E-state index contributed by atoms with van der Waals surface area (Å²) in [6.45, 7) is 7.61. The van der Waals surface area contributed by atoms with Gasteiger partial charge in [-0.2, -0.15) is 0 Å². The Hall–Kier alpha value is -1.28. The van der Waals surface area contributed by atoms with Crippen molar-refractivity contribution in [2.24, 2.45) is 12.8 Å². The van der Waals surface area contributed by atoms with Gasteiger partial charge in [-0.1, -0.05) is 26.8 Å². The van der Waals surface area contributed by atoms with E-state index >= 15 is 0 Å². The monoisotopic (exact) mass is 270 g/mol. The smallest absolute Gasteiger partial charge is 0.0483 e. The third-order valence-electron chi connectivity index (χ3n) is 4.89. The molecule has 1 aliphatic rings. The lowest BCUT2D eigenvalue weighted by atomic mass is 9.82. The zero-order chi connectivity index (χ0) is 14.5. The van der Waals surface area contributed by atoms with Crippen LogP contribution in [0.4, 0.5) is 0 Å². The molecule has 2 N–H and O–H groups in total. The first-order valence-electron chi connectivity index (χ1n) is 7.75. The first kappa shape index (κ1) is 13.7. The Bertz CT molecular complexity index is 643. The quantitative estimate of drug-likeness (QED) is 0.838. The first-order chi connectivity index (χ1) is 9.43. The maximum absolute atomic E-state index is 6.03. The van der Waals surface area contributed by atoms with Crippen LogP contribution in [0.1, 0.15) is 56.4 Å². The lowest BCUT2D eigenvalue weighted by Crippen LogP contribution is -2.18. The molecule has 0 saturated heterocycles. The molecule has 2 aromatic rings. The molecule has 2 heteroatoms. The number of nitrogens with two attached hydrogens (primary N) is 1. The van der Waals surface area contributed by atoms with Gasteiger partial charge < -0.3 is 10.3 Å². The SMILES string of the molecule is Cn1c2c(c3cc(C(C)(C)C)ccc31)C(CN)CCC2. The Morgan fingerprint density at radius 1 is 1.30 bits per heavy atom. The number of nitrogens with zero attached hydrogens (tertiary/aromatic N) is 1. The highest BCUT2D eigenvalue weighted by Crippen LogP contribution is 2.39. The second kappa shape index (κ2) is 4.63. The molecule has 2 nitrogen and oxygen atoms in total. The van der Waals surface area contributed by atoms with Crippen molar-refractivity contribution in [2.45, 2.75) is 51.4 Å². The molecule has 0 saturated carbocycles. The van der Waals surface area contributed by atoms with Gasteiger partial charge in [0.1, 0.15) is 0 Å². The number of hydrogen-bond acceptors (Lipinski definition) is 1. The highest BCUT2D eigenvalue weighted by atomic mass is 15.0. The minimum Gasteiger partial charge on any atom is -0.347 e. The van der Waals surface area contributed by atoms with Crippen molar-refractivity contribution in [1.82, 2.24) is 4.57 Å². The van der Waals surface area contributed by atoms with Gasteiger partial charge in [0.25, 0.3) is 0 Å². The molecule has 0 radical (unpaired) electrons. The normalized spacial score (nSPS) is 19.4. The van der Waals surface area contributed by atoms with E-state index in [1.165, 1.54) is 47.0 Å².